The highest BCUT2D eigenvalue weighted by Crippen LogP contribution is 2.08. The molecule has 20 heavy (non-hydrogen) atoms. The molecular formula is C14H19ClN4O. The lowest BCUT2D eigenvalue weighted by Crippen LogP contribution is -2.26. The molecule has 0 atom stereocenters. The van der Waals surface area contributed by atoms with Crippen molar-refractivity contribution in [2.45, 2.75) is 13.0 Å². The summed E-state index contributed by atoms with van der Waals surface area (Å²) in [7, 11) is 1.74. The molecule has 1 aromatic carbocycles. The van der Waals surface area contributed by atoms with E-state index >= 15 is 0 Å². The van der Waals surface area contributed by atoms with Gasteiger partial charge in [0, 0.05) is 12.6 Å². The van der Waals surface area contributed by atoms with Crippen molar-refractivity contribution >= 4 is 24.1 Å². The van der Waals surface area contributed by atoms with Crippen molar-refractivity contribution < 1.29 is 4.79 Å². The van der Waals surface area contributed by atoms with Crippen molar-refractivity contribution in [3.8, 4) is 0 Å². The van der Waals surface area contributed by atoms with Gasteiger partial charge in [-0.15, -0.1) is 12.4 Å². The number of anilines is 1. The molecule has 0 aliphatic heterocycles. The van der Waals surface area contributed by atoms with Gasteiger partial charge < -0.3 is 10.6 Å². The zero-order valence-corrected chi connectivity index (χ0v) is 12.2. The Morgan fingerprint density at radius 1 is 1.25 bits per heavy atom. The fourth-order valence-electron chi connectivity index (χ4n) is 1.84. The normalized spacial score (nSPS) is 9.85. The molecule has 0 aliphatic rings. The zero-order valence-electron chi connectivity index (χ0n) is 11.4. The first kappa shape index (κ1) is 16.2. The van der Waals surface area contributed by atoms with E-state index < -0.39 is 0 Å². The van der Waals surface area contributed by atoms with Crippen LogP contribution in [0.25, 0.3) is 0 Å². The molecule has 0 unspecified atom stereocenters. The van der Waals surface area contributed by atoms with E-state index in [0.29, 0.717) is 6.54 Å². The second-order valence-electron chi connectivity index (χ2n) is 4.25. The number of rotatable bonds is 6. The van der Waals surface area contributed by atoms with Crippen LogP contribution in [0, 0.1) is 0 Å². The Balaban J connectivity index is 0.00000200. The van der Waals surface area contributed by atoms with Crippen LogP contribution < -0.4 is 10.6 Å². The highest BCUT2D eigenvalue weighted by Gasteiger charge is 2.06. The van der Waals surface area contributed by atoms with Crippen molar-refractivity contribution in [1.82, 2.24) is 15.1 Å². The van der Waals surface area contributed by atoms with E-state index in [1.807, 2.05) is 18.2 Å². The van der Waals surface area contributed by atoms with Gasteiger partial charge in [-0.05, 0) is 19.0 Å². The molecule has 0 radical (unpaired) electrons. The van der Waals surface area contributed by atoms with E-state index in [-0.39, 0.29) is 18.3 Å². The van der Waals surface area contributed by atoms with Gasteiger partial charge in [0.2, 0.25) is 5.91 Å². The van der Waals surface area contributed by atoms with Crippen molar-refractivity contribution in [3.63, 3.8) is 0 Å². The minimum atomic E-state index is -0.0658. The first-order valence-corrected chi connectivity index (χ1v) is 6.30. The molecule has 0 bridgehead atoms. The number of carbonyl (C=O) groups is 1. The van der Waals surface area contributed by atoms with Gasteiger partial charge in [0.15, 0.2) is 0 Å². The van der Waals surface area contributed by atoms with Crippen LogP contribution in [-0.2, 0) is 17.8 Å². The van der Waals surface area contributed by atoms with Crippen LogP contribution >= 0.6 is 12.4 Å². The third-order valence-electron chi connectivity index (χ3n) is 2.78. The highest BCUT2D eigenvalue weighted by molar-refractivity contribution is 5.91. The van der Waals surface area contributed by atoms with Gasteiger partial charge >= 0.3 is 0 Å². The number of carbonyl (C=O) groups excluding carboxylic acids is 1. The number of likely N-dealkylation sites (N-methyl/N-ethyl adjacent to an activating group) is 1. The van der Waals surface area contributed by atoms with Gasteiger partial charge in [-0.25, -0.2) is 4.68 Å². The maximum absolute atomic E-state index is 11.5. The largest absolute Gasteiger partial charge is 0.311 e. The molecule has 2 N–H and O–H groups in total. The second-order valence-corrected chi connectivity index (χ2v) is 4.25. The molecular weight excluding hydrogens is 276 g/mol. The molecule has 2 aromatic rings. The third-order valence-corrected chi connectivity index (χ3v) is 2.78. The number of hydrogen-bond donors (Lipinski definition) is 2. The van der Waals surface area contributed by atoms with Crippen LogP contribution in [0.4, 0.5) is 5.82 Å². The molecule has 0 saturated heterocycles. The van der Waals surface area contributed by atoms with Gasteiger partial charge in [0.05, 0.1) is 12.7 Å². The lowest BCUT2D eigenvalue weighted by Gasteiger charge is -2.08. The Morgan fingerprint density at radius 2 is 2.00 bits per heavy atom. The quantitative estimate of drug-likeness (QED) is 0.853. The average Bonchev–Trinajstić information content (AvgIpc) is 2.85. The van der Waals surface area contributed by atoms with Crippen LogP contribution in [0.5, 0.6) is 0 Å². The fourth-order valence-corrected chi connectivity index (χ4v) is 1.84. The molecule has 5 nitrogen and oxygen atoms in total. The third kappa shape index (κ3) is 4.68. The Morgan fingerprint density at radius 3 is 2.70 bits per heavy atom. The van der Waals surface area contributed by atoms with Crippen molar-refractivity contribution in [1.29, 1.82) is 0 Å². The van der Waals surface area contributed by atoms with E-state index in [0.717, 1.165) is 18.8 Å². The van der Waals surface area contributed by atoms with Crippen LogP contribution in [0.1, 0.15) is 5.56 Å². The minimum Gasteiger partial charge on any atom is -0.311 e. The first-order chi connectivity index (χ1) is 9.29. The predicted molar refractivity (Wildman–Crippen MR) is 82.2 cm³/mol. The summed E-state index contributed by atoms with van der Waals surface area (Å²) in [4.78, 5) is 11.5. The van der Waals surface area contributed by atoms with Crippen molar-refractivity contribution in [2.24, 2.45) is 0 Å². The number of hydrogen-bond acceptors (Lipinski definition) is 3. The topological polar surface area (TPSA) is 59.0 Å². The fraction of sp³-hybridized carbons (Fsp3) is 0.286. The maximum atomic E-state index is 11.5. The Hall–Kier alpha value is -1.85. The molecule has 1 aromatic heterocycles. The Bertz CT molecular complexity index is 527. The summed E-state index contributed by atoms with van der Waals surface area (Å²) in [5.41, 5.74) is 1.26. The average molecular weight is 295 g/mol. The van der Waals surface area contributed by atoms with Crippen LogP contribution in [0.15, 0.2) is 42.6 Å². The van der Waals surface area contributed by atoms with E-state index in [1.165, 1.54) is 5.56 Å². The second kappa shape index (κ2) is 8.35. The molecule has 1 heterocycles. The smallest absolute Gasteiger partial charge is 0.239 e. The molecule has 2 rings (SSSR count). The van der Waals surface area contributed by atoms with Crippen molar-refractivity contribution in [2.75, 3.05) is 18.9 Å². The molecule has 0 spiro atoms. The monoisotopic (exact) mass is 294 g/mol. The van der Waals surface area contributed by atoms with Gasteiger partial charge in [0.1, 0.15) is 5.82 Å². The first-order valence-electron chi connectivity index (χ1n) is 6.30. The lowest BCUT2D eigenvalue weighted by molar-refractivity contribution is -0.115. The van der Waals surface area contributed by atoms with Gasteiger partial charge in [0.25, 0.3) is 0 Å². The standard InChI is InChI=1S/C14H18N4O.ClH/c1-15-11-14(19)17-13-7-9-16-18(13)10-8-12-5-3-2-4-6-12;/h2-7,9,15H,8,10-11H2,1H3,(H,17,19);1H. The summed E-state index contributed by atoms with van der Waals surface area (Å²) in [6, 6.07) is 12.0. The summed E-state index contributed by atoms with van der Waals surface area (Å²) in [5.74, 6) is 0.667. The molecule has 0 fully saturated rings. The van der Waals surface area contributed by atoms with Gasteiger partial charge in [-0.2, -0.15) is 5.10 Å². The number of nitrogens with one attached hydrogen (secondary N) is 2. The van der Waals surface area contributed by atoms with E-state index in [1.54, 1.807) is 24.0 Å². The molecule has 6 heteroatoms. The SMILES string of the molecule is CNCC(=O)Nc1ccnn1CCc1ccccc1.Cl. The number of amides is 1. The van der Waals surface area contributed by atoms with E-state index in [2.05, 4.69) is 27.9 Å². The molecule has 1 amide bonds. The van der Waals surface area contributed by atoms with E-state index in [9.17, 15) is 4.79 Å². The van der Waals surface area contributed by atoms with Crippen LogP contribution in [0.2, 0.25) is 0 Å². The number of halogens is 1. The Labute approximate surface area is 124 Å². The summed E-state index contributed by atoms with van der Waals surface area (Å²) >= 11 is 0. The maximum Gasteiger partial charge on any atom is 0.239 e. The summed E-state index contributed by atoms with van der Waals surface area (Å²) in [5, 5.41) is 9.87. The number of aryl methyl sites for hydroxylation is 2. The number of aromatic nitrogens is 2. The van der Waals surface area contributed by atoms with E-state index in [4.69, 9.17) is 0 Å². The zero-order chi connectivity index (χ0) is 13.5. The summed E-state index contributed by atoms with van der Waals surface area (Å²) in [6.07, 6.45) is 2.58. The van der Waals surface area contributed by atoms with Crippen molar-refractivity contribution in [3.05, 3.63) is 48.2 Å². The summed E-state index contributed by atoms with van der Waals surface area (Å²) < 4.78 is 1.81. The lowest BCUT2D eigenvalue weighted by atomic mass is 10.1. The molecule has 0 saturated carbocycles. The van der Waals surface area contributed by atoms with Gasteiger partial charge in [-0.3, -0.25) is 4.79 Å². The predicted octanol–water partition coefficient (Wildman–Crippen LogP) is 1.71. The summed E-state index contributed by atoms with van der Waals surface area (Å²) in [6.45, 7) is 1.04. The van der Waals surface area contributed by atoms with Gasteiger partial charge in [-0.1, -0.05) is 30.3 Å². The van der Waals surface area contributed by atoms with Crippen LogP contribution in [-0.4, -0.2) is 29.3 Å². The highest BCUT2D eigenvalue weighted by atomic mass is 35.5. The number of nitrogens with zero attached hydrogens (tertiary/aromatic N) is 2. The molecule has 0 aliphatic carbocycles. The Kier molecular flexibility index (Phi) is 6.76. The molecule has 108 valence electrons. The van der Waals surface area contributed by atoms with Crippen LogP contribution in [0.3, 0.4) is 0 Å². The minimum absolute atomic E-state index is 0. The number of benzene rings is 1.